The third-order valence-corrected chi connectivity index (χ3v) is 9.49. The quantitative estimate of drug-likeness (QED) is 0.681. The molecule has 1 aliphatic heterocycles. The van der Waals surface area contributed by atoms with Gasteiger partial charge in [0.1, 0.15) is 0 Å². The van der Waals surface area contributed by atoms with E-state index in [1.807, 2.05) is 23.1 Å². The molecule has 22 heavy (non-hydrogen) atoms. The topological polar surface area (TPSA) is 55.6 Å². The number of hydrogen-bond donors (Lipinski definition) is 1. The van der Waals surface area contributed by atoms with Gasteiger partial charge in [-0.3, -0.25) is 4.79 Å². The first kappa shape index (κ1) is 17.0. The standard InChI is InChI=1S/C17H28N2O2Si/c1-17(2,3)22(4,5)21-12-11-19-15-8-6-7-14(18)13(15)9-10-16(19)20/h6-8H,9-12,18H2,1-5H3. The number of fused-ring (bicyclic) bond motifs is 1. The molecule has 0 radical (unpaired) electrons. The molecule has 0 fully saturated rings. The summed E-state index contributed by atoms with van der Waals surface area (Å²) in [7, 11) is -1.78. The Morgan fingerprint density at radius 3 is 2.59 bits per heavy atom. The van der Waals surface area contributed by atoms with Crippen molar-refractivity contribution in [3.8, 4) is 0 Å². The van der Waals surface area contributed by atoms with Gasteiger partial charge < -0.3 is 15.1 Å². The van der Waals surface area contributed by atoms with Gasteiger partial charge in [-0.25, -0.2) is 0 Å². The van der Waals surface area contributed by atoms with Crippen LogP contribution in [-0.4, -0.2) is 27.4 Å². The van der Waals surface area contributed by atoms with E-state index in [0.29, 0.717) is 19.6 Å². The summed E-state index contributed by atoms with van der Waals surface area (Å²) in [5, 5.41) is 0.182. The average Bonchev–Trinajstić information content (AvgIpc) is 2.40. The molecule has 0 spiro atoms. The van der Waals surface area contributed by atoms with Crippen molar-refractivity contribution >= 4 is 25.6 Å². The van der Waals surface area contributed by atoms with Crippen molar-refractivity contribution in [3.63, 3.8) is 0 Å². The van der Waals surface area contributed by atoms with Gasteiger partial charge in [-0.1, -0.05) is 26.8 Å². The molecule has 1 heterocycles. The van der Waals surface area contributed by atoms with Crippen LogP contribution < -0.4 is 10.6 Å². The van der Waals surface area contributed by atoms with Crippen LogP contribution in [-0.2, 0) is 15.6 Å². The number of benzene rings is 1. The Morgan fingerprint density at radius 2 is 1.95 bits per heavy atom. The third kappa shape index (κ3) is 3.36. The Kier molecular flexibility index (Phi) is 4.68. The van der Waals surface area contributed by atoms with Gasteiger partial charge in [-0.05, 0) is 42.2 Å². The summed E-state index contributed by atoms with van der Waals surface area (Å²) < 4.78 is 6.20. The fourth-order valence-electron chi connectivity index (χ4n) is 2.47. The number of nitrogens with zero attached hydrogens (tertiary/aromatic N) is 1. The van der Waals surface area contributed by atoms with E-state index in [9.17, 15) is 4.79 Å². The Morgan fingerprint density at radius 1 is 1.27 bits per heavy atom. The Balaban J connectivity index is 2.08. The maximum absolute atomic E-state index is 12.3. The summed E-state index contributed by atoms with van der Waals surface area (Å²) in [6.45, 7) is 12.3. The van der Waals surface area contributed by atoms with Crippen molar-refractivity contribution < 1.29 is 9.22 Å². The SMILES string of the molecule is CC(C)(C)[Si](C)(C)OCCN1C(=O)CCc2c(N)cccc21. The van der Waals surface area contributed by atoms with E-state index in [-0.39, 0.29) is 10.9 Å². The van der Waals surface area contributed by atoms with Crippen LogP contribution in [0.1, 0.15) is 32.8 Å². The van der Waals surface area contributed by atoms with E-state index in [1.54, 1.807) is 0 Å². The molecule has 0 saturated heterocycles. The van der Waals surface area contributed by atoms with Gasteiger partial charge >= 0.3 is 0 Å². The second-order valence-electron chi connectivity index (χ2n) is 7.50. The second-order valence-corrected chi connectivity index (χ2v) is 12.3. The van der Waals surface area contributed by atoms with Crippen LogP contribution >= 0.6 is 0 Å². The minimum absolute atomic E-state index is 0.164. The van der Waals surface area contributed by atoms with Gasteiger partial charge in [0.15, 0.2) is 8.32 Å². The largest absolute Gasteiger partial charge is 0.415 e. The van der Waals surface area contributed by atoms with Gasteiger partial charge in [-0.15, -0.1) is 0 Å². The number of nitrogens with two attached hydrogens (primary N) is 1. The highest BCUT2D eigenvalue weighted by Crippen LogP contribution is 2.37. The molecule has 2 N–H and O–H groups in total. The number of carbonyl (C=O) groups is 1. The Labute approximate surface area is 134 Å². The minimum Gasteiger partial charge on any atom is -0.415 e. The third-order valence-electron chi connectivity index (χ3n) is 4.95. The van der Waals surface area contributed by atoms with E-state index < -0.39 is 8.32 Å². The minimum atomic E-state index is -1.78. The fourth-order valence-corrected chi connectivity index (χ4v) is 3.51. The first-order valence-corrected chi connectivity index (χ1v) is 10.9. The molecule has 0 unspecified atom stereocenters. The van der Waals surface area contributed by atoms with Crippen LogP contribution in [0.3, 0.4) is 0 Å². The van der Waals surface area contributed by atoms with E-state index in [2.05, 4.69) is 33.9 Å². The Bertz CT molecular complexity index is 564. The van der Waals surface area contributed by atoms with E-state index >= 15 is 0 Å². The summed E-state index contributed by atoms with van der Waals surface area (Å²) in [5.41, 5.74) is 8.87. The van der Waals surface area contributed by atoms with Crippen LogP contribution in [0.2, 0.25) is 18.1 Å². The number of anilines is 2. The number of nitrogen functional groups attached to an aromatic ring is 1. The molecule has 1 aromatic carbocycles. The lowest BCUT2D eigenvalue weighted by atomic mass is 9.99. The molecule has 122 valence electrons. The maximum Gasteiger partial charge on any atom is 0.227 e. The van der Waals surface area contributed by atoms with Crippen molar-refractivity contribution in [2.24, 2.45) is 0 Å². The highest BCUT2D eigenvalue weighted by atomic mass is 28.4. The van der Waals surface area contributed by atoms with E-state index in [0.717, 1.165) is 23.4 Å². The molecule has 4 nitrogen and oxygen atoms in total. The molecular formula is C17H28N2O2Si. The van der Waals surface area contributed by atoms with Crippen molar-refractivity contribution in [2.75, 3.05) is 23.8 Å². The molecule has 0 bridgehead atoms. The normalized spacial score (nSPS) is 15.9. The average molecular weight is 321 g/mol. The molecule has 0 atom stereocenters. The summed E-state index contributed by atoms with van der Waals surface area (Å²) in [4.78, 5) is 14.1. The zero-order valence-corrected chi connectivity index (χ0v) is 15.4. The van der Waals surface area contributed by atoms with Crippen LogP contribution in [0.25, 0.3) is 0 Å². The lowest BCUT2D eigenvalue weighted by Crippen LogP contribution is -2.44. The number of carbonyl (C=O) groups excluding carboxylic acids is 1. The van der Waals surface area contributed by atoms with Crippen LogP contribution in [0, 0.1) is 0 Å². The van der Waals surface area contributed by atoms with Gasteiger partial charge in [0.05, 0.1) is 6.61 Å². The number of amides is 1. The number of hydrogen-bond acceptors (Lipinski definition) is 3. The fraction of sp³-hybridized carbons (Fsp3) is 0.588. The molecule has 2 rings (SSSR count). The molecule has 1 aliphatic rings. The van der Waals surface area contributed by atoms with Gasteiger partial charge in [0.2, 0.25) is 5.91 Å². The lowest BCUT2D eigenvalue weighted by molar-refractivity contribution is -0.119. The van der Waals surface area contributed by atoms with Gasteiger partial charge in [-0.2, -0.15) is 0 Å². The second kappa shape index (κ2) is 6.05. The summed E-state index contributed by atoms with van der Waals surface area (Å²) >= 11 is 0. The first-order chi connectivity index (χ1) is 10.1. The zero-order valence-electron chi connectivity index (χ0n) is 14.4. The molecule has 5 heteroatoms. The highest BCUT2D eigenvalue weighted by molar-refractivity contribution is 6.74. The van der Waals surface area contributed by atoms with Gasteiger partial charge in [0.25, 0.3) is 0 Å². The molecule has 0 aromatic heterocycles. The van der Waals surface area contributed by atoms with E-state index in [1.165, 1.54) is 0 Å². The van der Waals surface area contributed by atoms with Crippen LogP contribution in [0.4, 0.5) is 11.4 Å². The van der Waals surface area contributed by atoms with Gasteiger partial charge in [0, 0.05) is 24.3 Å². The lowest BCUT2D eigenvalue weighted by Gasteiger charge is -2.37. The van der Waals surface area contributed by atoms with Crippen LogP contribution in [0.5, 0.6) is 0 Å². The van der Waals surface area contributed by atoms with E-state index in [4.69, 9.17) is 10.2 Å². The zero-order chi connectivity index (χ0) is 16.5. The molecule has 1 amide bonds. The maximum atomic E-state index is 12.3. The molecule has 1 aromatic rings. The van der Waals surface area contributed by atoms with Crippen molar-refractivity contribution in [1.82, 2.24) is 0 Å². The first-order valence-electron chi connectivity index (χ1n) is 7.95. The molecule has 0 aliphatic carbocycles. The van der Waals surface area contributed by atoms with Crippen molar-refractivity contribution in [3.05, 3.63) is 23.8 Å². The smallest absolute Gasteiger partial charge is 0.227 e. The Hall–Kier alpha value is -1.33. The monoisotopic (exact) mass is 320 g/mol. The number of rotatable bonds is 4. The van der Waals surface area contributed by atoms with Crippen LogP contribution in [0.15, 0.2) is 18.2 Å². The van der Waals surface area contributed by atoms with Crippen molar-refractivity contribution in [1.29, 1.82) is 0 Å². The highest BCUT2D eigenvalue weighted by Gasteiger charge is 2.37. The predicted molar refractivity (Wildman–Crippen MR) is 94.7 cm³/mol. The molecular weight excluding hydrogens is 292 g/mol. The predicted octanol–water partition coefficient (Wildman–Crippen LogP) is 3.57. The summed E-state index contributed by atoms with van der Waals surface area (Å²) in [5.74, 6) is 0.164. The summed E-state index contributed by atoms with van der Waals surface area (Å²) in [6.07, 6.45) is 1.27. The summed E-state index contributed by atoms with van der Waals surface area (Å²) in [6, 6.07) is 5.79. The molecule has 0 saturated carbocycles. The van der Waals surface area contributed by atoms with Crippen molar-refractivity contribution in [2.45, 2.75) is 51.7 Å².